The lowest BCUT2D eigenvalue weighted by atomic mass is 10.3. The fourth-order valence-electron chi connectivity index (χ4n) is 2.29. The standard InChI is InChI=1S/C13H15ClN6O4S/c14-10-2-1-9(25(22,23)20-3-5-24-6-4-20)7-11(10)15-13(21)8-12-16-18-19-17-12/h1-2,7H,3-6,8H2,(H,15,21)(H,16,17,18,19). The minimum atomic E-state index is -3.68. The highest BCUT2D eigenvalue weighted by Crippen LogP contribution is 2.27. The molecule has 10 nitrogen and oxygen atoms in total. The van der Waals surface area contributed by atoms with Crippen molar-refractivity contribution >= 4 is 33.2 Å². The minimum absolute atomic E-state index is 0.0497. The summed E-state index contributed by atoms with van der Waals surface area (Å²) in [7, 11) is -3.68. The van der Waals surface area contributed by atoms with E-state index in [-0.39, 0.29) is 40.9 Å². The fourth-order valence-corrected chi connectivity index (χ4v) is 3.89. The molecule has 1 fully saturated rings. The Kier molecular flexibility index (Phi) is 5.27. The van der Waals surface area contributed by atoms with Crippen molar-refractivity contribution in [1.29, 1.82) is 0 Å². The van der Waals surface area contributed by atoms with Crippen molar-refractivity contribution in [2.24, 2.45) is 0 Å². The first-order valence-electron chi connectivity index (χ1n) is 7.36. The number of amides is 1. The lowest BCUT2D eigenvalue weighted by Crippen LogP contribution is -2.40. The monoisotopic (exact) mass is 386 g/mol. The predicted octanol–water partition coefficient (Wildman–Crippen LogP) is 0.0552. The van der Waals surface area contributed by atoms with E-state index in [1.54, 1.807) is 0 Å². The molecule has 3 rings (SSSR count). The summed E-state index contributed by atoms with van der Waals surface area (Å²) < 4.78 is 31.9. The summed E-state index contributed by atoms with van der Waals surface area (Å²) in [4.78, 5) is 12.1. The van der Waals surface area contributed by atoms with Crippen LogP contribution in [0.5, 0.6) is 0 Å². The lowest BCUT2D eigenvalue weighted by molar-refractivity contribution is -0.115. The third kappa shape index (κ3) is 4.12. The largest absolute Gasteiger partial charge is 0.379 e. The summed E-state index contributed by atoms with van der Waals surface area (Å²) in [6.07, 6.45) is -0.118. The molecule has 134 valence electrons. The molecule has 0 unspecified atom stereocenters. The van der Waals surface area contributed by atoms with Gasteiger partial charge < -0.3 is 10.1 Å². The van der Waals surface area contributed by atoms with Crippen LogP contribution in [0.2, 0.25) is 5.02 Å². The molecule has 25 heavy (non-hydrogen) atoms. The molecule has 0 radical (unpaired) electrons. The fraction of sp³-hybridized carbons (Fsp3) is 0.385. The molecule has 0 saturated carbocycles. The highest BCUT2D eigenvalue weighted by atomic mass is 35.5. The number of nitrogens with one attached hydrogen (secondary N) is 2. The van der Waals surface area contributed by atoms with E-state index in [9.17, 15) is 13.2 Å². The molecule has 0 bridgehead atoms. The third-order valence-corrected chi connectivity index (χ3v) is 5.75. The van der Waals surface area contributed by atoms with Crippen LogP contribution in [0.4, 0.5) is 5.69 Å². The van der Waals surface area contributed by atoms with Gasteiger partial charge in [-0.2, -0.15) is 9.52 Å². The Hall–Kier alpha value is -2.08. The van der Waals surface area contributed by atoms with E-state index in [2.05, 4.69) is 25.9 Å². The molecule has 1 aliphatic heterocycles. The van der Waals surface area contributed by atoms with Crippen molar-refractivity contribution in [3.05, 3.63) is 29.0 Å². The molecule has 1 aliphatic rings. The Morgan fingerprint density at radius 1 is 1.36 bits per heavy atom. The van der Waals surface area contributed by atoms with Gasteiger partial charge >= 0.3 is 0 Å². The average molecular weight is 387 g/mol. The summed E-state index contributed by atoms with van der Waals surface area (Å²) in [6, 6.07) is 4.17. The number of sulfonamides is 1. The summed E-state index contributed by atoms with van der Waals surface area (Å²) in [6.45, 7) is 1.26. The topological polar surface area (TPSA) is 130 Å². The number of hydrogen-bond donors (Lipinski definition) is 2. The number of aromatic amines is 1. The molecule has 2 N–H and O–H groups in total. The lowest BCUT2D eigenvalue weighted by Gasteiger charge is -2.26. The van der Waals surface area contributed by atoms with Crippen molar-refractivity contribution in [2.45, 2.75) is 11.3 Å². The first kappa shape index (κ1) is 17.7. The highest BCUT2D eigenvalue weighted by molar-refractivity contribution is 7.89. The zero-order valence-electron chi connectivity index (χ0n) is 13.0. The Morgan fingerprint density at radius 2 is 2.12 bits per heavy atom. The van der Waals surface area contributed by atoms with Crippen LogP contribution in [0.1, 0.15) is 5.82 Å². The number of tetrazole rings is 1. The van der Waals surface area contributed by atoms with Crippen LogP contribution < -0.4 is 5.32 Å². The van der Waals surface area contributed by atoms with Gasteiger partial charge in [0.05, 0.1) is 35.2 Å². The molecule has 0 spiro atoms. The number of H-pyrrole nitrogens is 1. The number of halogens is 1. The van der Waals surface area contributed by atoms with Gasteiger partial charge in [0.2, 0.25) is 15.9 Å². The van der Waals surface area contributed by atoms with Crippen LogP contribution in [0, 0.1) is 0 Å². The van der Waals surface area contributed by atoms with E-state index in [4.69, 9.17) is 16.3 Å². The summed E-state index contributed by atoms with van der Waals surface area (Å²) in [5.41, 5.74) is 0.199. The second kappa shape index (κ2) is 7.44. The number of nitrogens with zero attached hydrogens (tertiary/aromatic N) is 4. The van der Waals surface area contributed by atoms with Gasteiger partial charge in [0.25, 0.3) is 0 Å². The molecule has 0 aliphatic carbocycles. The first-order valence-corrected chi connectivity index (χ1v) is 9.18. The van der Waals surface area contributed by atoms with Gasteiger partial charge in [0.15, 0.2) is 5.82 Å². The molecule has 2 heterocycles. The maximum Gasteiger partial charge on any atom is 0.243 e. The van der Waals surface area contributed by atoms with Gasteiger partial charge in [-0.05, 0) is 18.2 Å². The number of rotatable bonds is 5. The van der Waals surface area contributed by atoms with E-state index >= 15 is 0 Å². The number of hydrogen-bond acceptors (Lipinski definition) is 7. The van der Waals surface area contributed by atoms with E-state index in [0.29, 0.717) is 13.2 Å². The second-order valence-corrected chi connectivity index (χ2v) is 7.56. The molecule has 0 atom stereocenters. The number of aromatic nitrogens is 4. The SMILES string of the molecule is O=C(Cc1nn[nH]n1)Nc1cc(S(=O)(=O)N2CCOCC2)ccc1Cl. The molecule has 1 aromatic heterocycles. The molecule has 12 heteroatoms. The second-order valence-electron chi connectivity index (χ2n) is 5.21. The first-order chi connectivity index (χ1) is 12.0. The van der Waals surface area contributed by atoms with Gasteiger partial charge in [-0.25, -0.2) is 8.42 Å². The predicted molar refractivity (Wildman–Crippen MR) is 87.5 cm³/mol. The Morgan fingerprint density at radius 3 is 2.80 bits per heavy atom. The smallest absolute Gasteiger partial charge is 0.243 e. The Balaban J connectivity index is 1.79. The molecule has 1 amide bonds. The highest BCUT2D eigenvalue weighted by Gasteiger charge is 2.27. The Labute approximate surface area is 148 Å². The van der Waals surface area contributed by atoms with Crippen molar-refractivity contribution < 1.29 is 17.9 Å². The van der Waals surface area contributed by atoms with Crippen LogP contribution in [-0.2, 0) is 26.0 Å². The number of carbonyl (C=O) groups is 1. The summed E-state index contributed by atoms with van der Waals surface area (Å²) in [5.74, 6) is -0.227. The van der Waals surface area contributed by atoms with Crippen molar-refractivity contribution in [1.82, 2.24) is 24.9 Å². The third-order valence-electron chi connectivity index (χ3n) is 3.53. The molecule has 1 aromatic carbocycles. The van der Waals surface area contributed by atoms with E-state index in [0.717, 1.165) is 0 Å². The normalized spacial score (nSPS) is 15.9. The Bertz CT molecular complexity index is 851. The van der Waals surface area contributed by atoms with Gasteiger partial charge in [0.1, 0.15) is 0 Å². The summed E-state index contributed by atoms with van der Waals surface area (Å²) in [5, 5.41) is 15.8. The van der Waals surface area contributed by atoms with Gasteiger partial charge in [-0.15, -0.1) is 10.2 Å². The minimum Gasteiger partial charge on any atom is -0.379 e. The van der Waals surface area contributed by atoms with Crippen LogP contribution in [0.25, 0.3) is 0 Å². The van der Waals surface area contributed by atoms with E-state index in [1.807, 2.05) is 0 Å². The maximum atomic E-state index is 12.7. The number of benzene rings is 1. The van der Waals surface area contributed by atoms with Crippen LogP contribution in [0.15, 0.2) is 23.1 Å². The quantitative estimate of drug-likeness (QED) is 0.742. The van der Waals surface area contributed by atoms with Crippen LogP contribution in [-0.4, -0.2) is 65.6 Å². The zero-order chi connectivity index (χ0) is 17.9. The molecule has 1 saturated heterocycles. The van der Waals surface area contributed by atoms with E-state index in [1.165, 1.54) is 22.5 Å². The summed E-state index contributed by atoms with van der Waals surface area (Å²) >= 11 is 6.07. The number of morpholine rings is 1. The molecular weight excluding hydrogens is 372 g/mol. The molecular formula is C13H15ClN6O4S. The van der Waals surface area contributed by atoms with Gasteiger partial charge in [-0.3, -0.25) is 4.79 Å². The number of carbonyl (C=O) groups excluding carboxylic acids is 1. The van der Waals surface area contributed by atoms with Crippen LogP contribution >= 0.6 is 11.6 Å². The van der Waals surface area contributed by atoms with E-state index < -0.39 is 15.9 Å². The van der Waals surface area contributed by atoms with Crippen LogP contribution in [0.3, 0.4) is 0 Å². The average Bonchev–Trinajstić information content (AvgIpc) is 3.10. The molecule has 2 aromatic rings. The van der Waals surface area contributed by atoms with Crippen molar-refractivity contribution in [3.63, 3.8) is 0 Å². The van der Waals surface area contributed by atoms with Gasteiger partial charge in [0, 0.05) is 13.1 Å². The number of anilines is 1. The van der Waals surface area contributed by atoms with Crippen molar-refractivity contribution in [3.8, 4) is 0 Å². The van der Waals surface area contributed by atoms with Gasteiger partial charge in [-0.1, -0.05) is 16.8 Å². The van der Waals surface area contributed by atoms with Crippen molar-refractivity contribution in [2.75, 3.05) is 31.6 Å². The number of ether oxygens (including phenoxy) is 1. The maximum absolute atomic E-state index is 12.7. The zero-order valence-corrected chi connectivity index (χ0v) is 14.5.